The van der Waals surface area contributed by atoms with Gasteiger partial charge in [-0.1, -0.05) is 36.4 Å². The Hall–Kier alpha value is -2.39. The Morgan fingerprint density at radius 3 is 2.48 bits per heavy atom. The van der Waals surface area contributed by atoms with Gasteiger partial charge in [-0.2, -0.15) is 5.26 Å². The maximum atomic E-state index is 10.1. The van der Waals surface area contributed by atoms with Crippen molar-refractivity contribution in [2.24, 2.45) is 0 Å². The Morgan fingerprint density at radius 2 is 1.83 bits per heavy atom. The number of nitriles is 1. The molecule has 0 heterocycles. The molecule has 2 atom stereocenters. The van der Waals surface area contributed by atoms with Crippen molar-refractivity contribution in [1.82, 2.24) is 0 Å². The zero-order chi connectivity index (χ0) is 16.7. The number of hydrogen-bond donors (Lipinski definition) is 3. The highest BCUT2D eigenvalue weighted by Gasteiger charge is 2.19. The largest absolute Gasteiger partial charge is 0.488 e. The van der Waals surface area contributed by atoms with Gasteiger partial charge in [0.2, 0.25) is 0 Å². The van der Waals surface area contributed by atoms with E-state index in [9.17, 15) is 10.2 Å². The van der Waals surface area contributed by atoms with Crippen LogP contribution >= 0.6 is 0 Å². The van der Waals surface area contributed by atoms with Crippen molar-refractivity contribution in [2.45, 2.75) is 25.2 Å². The zero-order valence-electron chi connectivity index (χ0n) is 12.6. The molecular formula is C18H19NO4. The van der Waals surface area contributed by atoms with Gasteiger partial charge in [0.15, 0.2) is 0 Å². The van der Waals surface area contributed by atoms with Crippen LogP contribution in [0.25, 0.3) is 0 Å². The summed E-state index contributed by atoms with van der Waals surface area (Å²) in [6, 6.07) is 16.2. The van der Waals surface area contributed by atoms with E-state index in [1.807, 2.05) is 36.4 Å². The summed E-state index contributed by atoms with van der Waals surface area (Å²) in [4.78, 5) is 0. The first-order chi connectivity index (χ1) is 11.2. The standard InChI is InChI=1S/C18H19NO4/c19-11-15-7-6-14(18(22)16(21)8-9-20)10-17(15)23-12-13-4-2-1-3-5-13/h1-7,10,16,18,20-22H,8-9,12H2. The van der Waals surface area contributed by atoms with Gasteiger partial charge in [0.25, 0.3) is 0 Å². The minimum absolute atomic E-state index is 0.0708. The fourth-order valence-corrected chi connectivity index (χ4v) is 2.18. The second-order valence-corrected chi connectivity index (χ2v) is 5.17. The summed E-state index contributed by atoms with van der Waals surface area (Å²) in [6.45, 7) is 0.0835. The molecule has 0 saturated carbocycles. The predicted molar refractivity (Wildman–Crippen MR) is 84.6 cm³/mol. The highest BCUT2D eigenvalue weighted by atomic mass is 16.5. The fraction of sp³-hybridized carbons (Fsp3) is 0.278. The van der Waals surface area contributed by atoms with E-state index in [-0.39, 0.29) is 13.0 Å². The van der Waals surface area contributed by atoms with Crippen LogP contribution < -0.4 is 4.74 Å². The lowest BCUT2D eigenvalue weighted by Crippen LogP contribution is -2.19. The van der Waals surface area contributed by atoms with E-state index in [0.29, 0.717) is 23.5 Å². The van der Waals surface area contributed by atoms with Gasteiger partial charge in [-0.15, -0.1) is 0 Å². The van der Waals surface area contributed by atoms with Crippen LogP contribution in [0.1, 0.15) is 29.2 Å². The molecule has 5 heteroatoms. The Bertz CT molecular complexity index is 666. The van der Waals surface area contributed by atoms with Crippen molar-refractivity contribution >= 4 is 0 Å². The van der Waals surface area contributed by atoms with Crippen LogP contribution in [-0.4, -0.2) is 28.0 Å². The number of aliphatic hydroxyl groups is 3. The monoisotopic (exact) mass is 313 g/mol. The molecule has 0 radical (unpaired) electrons. The Labute approximate surface area is 135 Å². The lowest BCUT2D eigenvalue weighted by atomic mass is 10.0. The van der Waals surface area contributed by atoms with Crippen LogP contribution in [-0.2, 0) is 6.61 Å². The number of benzene rings is 2. The maximum Gasteiger partial charge on any atom is 0.137 e. The summed E-state index contributed by atoms with van der Waals surface area (Å²) in [5, 5.41) is 37.9. The van der Waals surface area contributed by atoms with Crippen LogP contribution in [0.5, 0.6) is 5.75 Å². The zero-order valence-corrected chi connectivity index (χ0v) is 12.6. The number of hydrogen-bond acceptors (Lipinski definition) is 5. The summed E-state index contributed by atoms with van der Waals surface area (Å²) in [7, 11) is 0. The molecule has 0 aliphatic heterocycles. The summed E-state index contributed by atoms with van der Waals surface area (Å²) in [6.07, 6.45) is -2.15. The van der Waals surface area contributed by atoms with Gasteiger partial charge in [-0.25, -0.2) is 0 Å². The molecule has 5 nitrogen and oxygen atoms in total. The highest BCUT2D eigenvalue weighted by Crippen LogP contribution is 2.27. The molecule has 0 amide bonds. The topological polar surface area (TPSA) is 93.7 Å². The van der Waals surface area contributed by atoms with Gasteiger partial charge in [-0.3, -0.25) is 0 Å². The summed E-state index contributed by atoms with van der Waals surface area (Å²) in [5.41, 5.74) is 1.75. The van der Waals surface area contributed by atoms with Gasteiger partial charge in [-0.05, 0) is 29.7 Å². The first-order valence-corrected chi connectivity index (χ1v) is 7.33. The van der Waals surface area contributed by atoms with Crippen LogP contribution in [0.15, 0.2) is 48.5 Å². The van der Waals surface area contributed by atoms with E-state index in [2.05, 4.69) is 0 Å². The van der Waals surface area contributed by atoms with Crippen LogP contribution in [0.3, 0.4) is 0 Å². The number of nitrogens with zero attached hydrogens (tertiary/aromatic N) is 1. The molecule has 0 aliphatic rings. The molecule has 23 heavy (non-hydrogen) atoms. The quantitative estimate of drug-likeness (QED) is 0.726. The van der Waals surface area contributed by atoms with E-state index >= 15 is 0 Å². The fourth-order valence-electron chi connectivity index (χ4n) is 2.18. The Morgan fingerprint density at radius 1 is 1.09 bits per heavy atom. The molecule has 120 valence electrons. The average molecular weight is 313 g/mol. The van der Waals surface area contributed by atoms with Crippen molar-refractivity contribution in [3.63, 3.8) is 0 Å². The second-order valence-electron chi connectivity index (χ2n) is 5.17. The molecule has 2 rings (SSSR count). The van der Waals surface area contributed by atoms with E-state index in [4.69, 9.17) is 15.1 Å². The van der Waals surface area contributed by atoms with Crippen molar-refractivity contribution in [3.8, 4) is 11.8 Å². The van der Waals surface area contributed by atoms with Crippen LogP contribution in [0, 0.1) is 11.3 Å². The van der Waals surface area contributed by atoms with Crippen molar-refractivity contribution in [2.75, 3.05) is 6.61 Å². The van der Waals surface area contributed by atoms with Crippen molar-refractivity contribution in [3.05, 3.63) is 65.2 Å². The van der Waals surface area contributed by atoms with Gasteiger partial charge in [0, 0.05) is 6.61 Å². The average Bonchev–Trinajstić information content (AvgIpc) is 2.60. The minimum Gasteiger partial charge on any atom is -0.488 e. The third-order valence-electron chi connectivity index (χ3n) is 3.49. The predicted octanol–water partition coefficient (Wildman–Crippen LogP) is 1.91. The van der Waals surface area contributed by atoms with Gasteiger partial charge in [0.1, 0.15) is 24.5 Å². The summed E-state index contributed by atoms with van der Waals surface area (Å²) in [5.74, 6) is 0.351. The highest BCUT2D eigenvalue weighted by molar-refractivity contribution is 5.46. The van der Waals surface area contributed by atoms with Crippen molar-refractivity contribution < 1.29 is 20.1 Å². The summed E-state index contributed by atoms with van der Waals surface area (Å²) >= 11 is 0. The van der Waals surface area contributed by atoms with Crippen LogP contribution in [0.4, 0.5) is 0 Å². The SMILES string of the molecule is N#Cc1ccc(C(O)C(O)CCO)cc1OCc1ccccc1. The summed E-state index contributed by atoms with van der Waals surface area (Å²) < 4.78 is 5.68. The van der Waals surface area contributed by atoms with Gasteiger partial charge in [0.05, 0.1) is 11.7 Å². The molecule has 2 aromatic rings. The maximum absolute atomic E-state index is 10.1. The second kappa shape index (κ2) is 8.30. The van der Waals surface area contributed by atoms with Crippen molar-refractivity contribution in [1.29, 1.82) is 5.26 Å². The van der Waals surface area contributed by atoms with E-state index in [1.54, 1.807) is 18.2 Å². The number of rotatable bonds is 7. The van der Waals surface area contributed by atoms with E-state index in [1.165, 1.54) is 0 Å². The molecule has 0 bridgehead atoms. The third-order valence-corrected chi connectivity index (χ3v) is 3.49. The lowest BCUT2D eigenvalue weighted by molar-refractivity contribution is 0.00410. The number of ether oxygens (including phenoxy) is 1. The minimum atomic E-state index is -1.14. The van der Waals surface area contributed by atoms with Gasteiger partial charge < -0.3 is 20.1 Å². The molecule has 0 spiro atoms. The van der Waals surface area contributed by atoms with Crippen LogP contribution in [0.2, 0.25) is 0 Å². The Balaban J connectivity index is 2.17. The Kier molecular flexibility index (Phi) is 6.12. The normalized spacial score (nSPS) is 13.1. The smallest absolute Gasteiger partial charge is 0.137 e. The first-order valence-electron chi connectivity index (χ1n) is 7.33. The molecule has 0 aromatic heterocycles. The lowest BCUT2D eigenvalue weighted by Gasteiger charge is -2.18. The molecule has 0 aliphatic carbocycles. The first kappa shape index (κ1) is 17.0. The van der Waals surface area contributed by atoms with E-state index in [0.717, 1.165) is 5.56 Å². The molecule has 2 unspecified atom stereocenters. The third kappa shape index (κ3) is 4.54. The molecular weight excluding hydrogens is 294 g/mol. The van der Waals surface area contributed by atoms with Gasteiger partial charge >= 0.3 is 0 Å². The van der Waals surface area contributed by atoms with E-state index < -0.39 is 12.2 Å². The molecule has 0 saturated heterocycles. The molecule has 0 fully saturated rings. The molecule has 3 N–H and O–H groups in total. The molecule has 2 aromatic carbocycles. The number of aliphatic hydroxyl groups excluding tert-OH is 3.